The third kappa shape index (κ3) is 14.4. The zero-order valence-corrected chi connectivity index (χ0v) is 14.1. The molecule has 0 aromatic rings. The van der Waals surface area contributed by atoms with E-state index in [4.69, 9.17) is 0 Å². The molecular weight excluding hydrogens is 224 g/mol. The number of hydrogen-bond donors (Lipinski definition) is 0. The largest absolute Gasteiger partial charge is 0.0698 e. The van der Waals surface area contributed by atoms with Crippen LogP contribution in [0.2, 0.25) is 31.4 Å². The molecule has 0 aromatic heterocycles. The predicted octanol–water partition coefficient (Wildman–Crippen LogP) is 5.55. The Bertz CT molecular complexity index is 138. The molecule has 16 heavy (non-hydrogen) atoms. The average molecular weight is 257 g/mol. The molecule has 2 heteroatoms. The van der Waals surface area contributed by atoms with E-state index in [-0.39, 0.29) is 0 Å². The Morgan fingerprint density at radius 2 is 1.25 bits per heavy atom. The number of unbranched alkanes of at least 4 members (excludes halogenated alkanes) is 7. The first kappa shape index (κ1) is 16.4. The number of rotatable bonds is 11. The zero-order chi connectivity index (χ0) is 12.3. The molecule has 0 spiro atoms. The van der Waals surface area contributed by atoms with Crippen LogP contribution < -0.4 is 0 Å². The van der Waals surface area contributed by atoms with Crippen LogP contribution in [-0.4, -0.2) is 17.6 Å². The Morgan fingerprint density at radius 3 is 1.75 bits per heavy atom. The highest BCUT2D eigenvalue weighted by molar-refractivity contribution is 6.83. The second-order valence-electron chi connectivity index (χ2n) is 6.21. The molecule has 0 bridgehead atoms. The lowest BCUT2D eigenvalue weighted by Crippen LogP contribution is -2.21. The van der Waals surface area contributed by atoms with Gasteiger partial charge in [-0.3, -0.25) is 0 Å². The second kappa shape index (κ2) is 10.6. The predicted molar refractivity (Wildman–Crippen MR) is 81.3 cm³/mol. The molecule has 0 saturated heterocycles. The average Bonchev–Trinajstić information content (AvgIpc) is 2.19. The van der Waals surface area contributed by atoms with Crippen LogP contribution in [0, 0.1) is 0 Å². The van der Waals surface area contributed by atoms with E-state index in [2.05, 4.69) is 26.6 Å². The Morgan fingerprint density at radius 1 is 0.750 bits per heavy atom. The quantitative estimate of drug-likeness (QED) is 0.336. The maximum absolute atomic E-state index is 2.49. The fourth-order valence-electron chi connectivity index (χ4n) is 1.85. The lowest BCUT2D eigenvalue weighted by molar-refractivity contribution is 0.585. The van der Waals surface area contributed by atoms with E-state index in [0.29, 0.717) is 0 Å². The summed E-state index contributed by atoms with van der Waals surface area (Å²) in [5, 5.41) is 0. The summed E-state index contributed by atoms with van der Waals surface area (Å²) in [5.41, 5.74) is 1.56. The highest BCUT2D eigenvalue weighted by atomic mass is 28.4. The minimum Gasteiger partial charge on any atom is -0.0698 e. The van der Waals surface area contributed by atoms with Gasteiger partial charge in [0.15, 0.2) is 0 Å². The highest BCUT2D eigenvalue weighted by Crippen LogP contribution is 2.12. The summed E-state index contributed by atoms with van der Waals surface area (Å²) in [6.07, 6.45) is 11.7. The molecule has 96 valence electrons. The van der Waals surface area contributed by atoms with Crippen LogP contribution in [0.3, 0.4) is 0 Å². The topological polar surface area (TPSA) is 0 Å². The van der Waals surface area contributed by atoms with E-state index in [0.717, 1.165) is 0 Å². The molecule has 0 N–H and O–H groups in total. The van der Waals surface area contributed by atoms with Crippen molar-refractivity contribution in [1.82, 2.24) is 0 Å². The van der Waals surface area contributed by atoms with E-state index in [9.17, 15) is 0 Å². The van der Waals surface area contributed by atoms with Crippen molar-refractivity contribution >= 4 is 17.6 Å². The molecule has 0 aliphatic rings. The monoisotopic (exact) mass is 256 g/mol. The van der Waals surface area contributed by atoms with Gasteiger partial charge in [-0.05, 0) is 0 Å². The third-order valence-corrected chi connectivity index (χ3v) is 8.81. The van der Waals surface area contributed by atoms with Gasteiger partial charge in [0.2, 0.25) is 0 Å². The first-order valence-corrected chi connectivity index (χ1v) is 12.4. The van der Waals surface area contributed by atoms with Gasteiger partial charge in [0.05, 0.1) is 0 Å². The molecule has 0 fully saturated rings. The molecule has 0 amide bonds. The van der Waals surface area contributed by atoms with Gasteiger partial charge >= 0.3 is 0 Å². The molecule has 0 aliphatic carbocycles. The summed E-state index contributed by atoms with van der Waals surface area (Å²) >= 11 is 0. The Balaban J connectivity index is 2.99. The van der Waals surface area contributed by atoms with Gasteiger partial charge in [0, 0.05) is 17.6 Å². The van der Waals surface area contributed by atoms with E-state index < -0.39 is 8.07 Å². The second-order valence-corrected chi connectivity index (χ2v) is 13.7. The van der Waals surface area contributed by atoms with Crippen molar-refractivity contribution in [3.8, 4) is 0 Å². The van der Waals surface area contributed by atoms with Crippen LogP contribution in [0.25, 0.3) is 0 Å². The summed E-state index contributed by atoms with van der Waals surface area (Å²) in [6.45, 7) is 9.77. The van der Waals surface area contributed by atoms with Crippen LogP contribution in [-0.2, 0) is 0 Å². The number of hydrogen-bond acceptors (Lipinski definition) is 0. The van der Waals surface area contributed by atoms with Gasteiger partial charge in [-0.25, -0.2) is 0 Å². The van der Waals surface area contributed by atoms with Crippen LogP contribution in [0.4, 0.5) is 0 Å². The van der Waals surface area contributed by atoms with E-state index in [1.54, 1.807) is 5.67 Å². The van der Waals surface area contributed by atoms with Crippen molar-refractivity contribution in [3.05, 3.63) is 0 Å². The minimum absolute atomic E-state index is 0.735. The van der Waals surface area contributed by atoms with E-state index >= 15 is 0 Å². The molecule has 0 nitrogen and oxygen atoms in total. The molecule has 0 aliphatic heterocycles. The van der Waals surface area contributed by atoms with Gasteiger partial charge < -0.3 is 0 Å². The van der Waals surface area contributed by atoms with Crippen molar-refractivity contribution in [2.45, 2.75) is 89.6 Å². The Kier molecular flexibility index (Phi) is 10.9. The maximum Gasteiger partial charge on any atom is 0.0412 e. The Labute approximate surface area is 107 Å². The van der Waals surface area contributed by atoms with Crippen molar-refractivity contribution < 1.29 is 0 Å². The van der Waals surface area contributed by atoms with Crippen molar-refractivity contribution in [2.75, 3.05) is 0 Å². The molecule has 0 saturated carbocycles. The third-order valence-electron chi connectivity index (χ3n) is 2.86. The normalized spacial score (nSPS) is 12.0. The molecule has 0 atom stereocenters. The van der Waals surface area contributed by atoms with Crippen molar-refractivity contribution in [1.29, 1.82) is 0 Å². The van der Waals surface area contributed by atoms with Crippen LogP contribution >= 0.6 is 0 Å². The molecule has 0 heterocycles. The van der Waals surface area contributed by atoms with E-state index in [1.807, 2.05) is 0 Å². The lowest BCUT2D eigenvalue weighted by Gasteiger charge is -2.14. The maximum atomic E-state index is 2.49. The van der Waals surface area contributed by atoms with Crippen molar-refractivity contribution in [2.24, 2.45) is 0 Å². The standard InChI is InChI=1S/C14H32Si2/c1-5-6-7-8-9-10-11-12-13-15-14-16(2,3)4/h5-14H2,1-4H3. The van der Waals surface area contributed by atoms with Gasteiger partial charge in [0.25, 0.3) is 0 Å². The van der Waals surface area contributed by atoms with Gasteiger partial charge in [-0.1, -0.05) is 89.6 Å². The fraction of sp³-hybridized carbons (Fsp3) is 1.00. The van der Waals surface area contributed by atoms with Gasteiger partial charge in [-0.2, -0.15) is 0 Å². The Hall–Kier alpha value is 0.434. The molecule has 2 radical (unpaired) electrons. The van der Waals surface area contributed by atoms with E-state index in [1.165, 1.54) is 66.9 Å². The fourth-order valence-corrected chi connectivity index (χ4v) is 6.05. The van der Waals surface area contributed by atoms with Gasteiger partial charge in [-0.15, -0.1) is 0 Å². The highest BCUT2D eigenvalue weighted by Gasteiger charge is 2.11. The van der Waals surface area contributed by atoms with Crippen molar-refractivity contribution in [3.63, 3.8) is 0 Å². The molecule has 0 unspecified atom stereocenters. The summed E-state index contributed by atoms with van der Waals surface area (Å²) in [7, 11) is 0.522. The molecule has 0 aromatic carbocycles. The van der Waals surface area contributed by atoms with Crippen LogP contribution in [0.5, 0.6) is 0 Å². The lowest BCUT2D eigenvalue weighted by atomic mass is 10.1. The summed E-state index contributed by atoms with van der Waals surface area (Å²) in [5.74, 6) is 0. The first-order chi connectivity index (χ1) is 7.56. The molecular formula is C14H32Si2. The molecule has 0 rings (SSSR count). The van der Waals surface area contributed by atoms with Crippen LogP contribution in [0.1, 0.15) is 58.3 Å². The van der Waals surface area contributed by atoms with Gasteiger partial charge in [0.1, 0.15) is 0 Å². The summed E-state index contributed by atoms with van der Waals surface area (Å²) < 4.78 is 0. The SMILES string of the molecule is CCCCCCCCCC[Si]C[Si](C)(C)C. The minimum atomic E-state index is -0.735. The zero-order valence-electron chi connectivity index (χ0n) is 12.1. The summed E-state index contributed by atoms with van der Waals surface area (Å²) in [6, 6.07) is 1.51. The summed E-state index contributed by atoms with van der Waals surface area (Å²) in [4.78, 5) is 0. The first-order valence-electron chi connectivity index (χ1n) is 7.27. The van der Waals surface area contributed by atoms with Crippen LogP contribution in [0.15, 0.2) is 0 Å². The smallest absolute Gasteiger partial charge is 0.0412 e.